The summed E-state index contributed by atoms with van der Waals surface area (Å²) < 4.78 is 0. The highest BCUT2D eigenvalue weighted by Gasteiger charge is 2.24. The van der Waals surface area contributed by atoms with Gasteiger partial charge < -0.3 is 9.80 Å². The van der Waals surface area contributed by atoms with E-state index in [0.29, 0.717) is 18.9 Å². The predicted molar refractivity (Wildman–Crippen MR) is 87.5 cm³/mol. The van der Waals surface area contributed by atoms with Crippen LogP contribution in [-0.2, 0) is 9.59 Å². The SMILES string of the molecule is CC(C)CCC(=O)N1CCN(CC(=O)N2CCCCC2)CC1. The van der Waals surface area contributed by atoms with Gasteiger partial charge in [0.2, 0.25) is 11.8 Å². The highest BCUT2D eigenvalue weighted by atomic mass is 16.2. The number of hydrogen-bond donors (Lipinski definition) is 0. The Balaban J connectivity index is 1.68. The maximum atomic E-state index is 12.3. The van der Waals surface area contributed by atoms with Gasteiger partial charge in [-0.3, -0.25) is 14.5 Å². The molecule has 0 aromatic carbocycles. The summed E-state index contributed by atoms with van der Waals surface area (Å²) in [5.74, 6) is 1.11. The molecule has 2 saturated heterocycles. The number of carbonyl (C=O) groups is 2. The second-order valence-electron chi connectivity index (χ2n) is 7.03. The molecule has 0 radical (unpaired) electrons. The summed E-state index contributed by atoms with van der Waals surface area (Å²) in [4.78, 5) is 30.5. The maximum absolute atomic E-state index is 12.3. The molecule has 22 heavy (non-hydrogen) atoms. The Morgan fingerprint density at radius 3 is 2.00 bits per heavy atom. The van der Waals surface area contributed by atoms with Crippen LogP contribution in [0, 0.1) is 5.92 Å². The Morgan fingerprint density at radius 1 is 0.818 bits per heavy atom. The topological polar surface area (TPSA) is 43.9 Å². The van der Waals surface area contributed by atoms with Crippen molar-refractivity contribution in [2.24, 2.45) is 5.92 Å². The van der Waals surface area contributed by atoms with Crippen molar-refractivity contribution in [2.45, 2.75) is 46.0 Å². The summed E-state index contributed by atoms with van der Waals surface area (Å²) in [7, 11) is 0. The number of nitrogens with zero attached hydrogens (tertiary/aromatic N) is 3. The van der Waals surface area contributed by atoms with Crippen LogP contribution >= 0.6 is 0 Å². The zero-order chi connectivity index (χ0) is 15.9. The lowest BCUT2D eigenvalue weighted by Crippen LogP contribution is -2.52. The molecule has 126 valence electrons. The normalized spacial score (nSPS) is 20.5. The van der Waals surface area contributed by atoms with E-state index in [1.54, 1.807) is 0 Å². The standard InChI is InChI=1S/C17H31N3O2/c1-15(2)6-7-16(21)20-12-10-18(11-13-20)14-17(22)19-8-4-3-5-9-19/h15H,3-14H2,1-2H3. The van der Waals surface area contributed by atoms with E-state index in [-0.39, 0.29) is 11.8 Å². The summed E-state index contributed by atoms with van der Waals surface area (Å²) >= 11 is 0. The average molecular weight is 309 g/mol. The van der Waals surface area contributed by atoms with E-state index in [1.807, 2.05) is 9.80 Å². The van der Waals surface area contributed by atoms with Gasteiger partial charge in [-0.05, 0) is 31.6 Å². The summed E-state index contributed by atoms with van der Waals surface area (Å²) in [5.41, 5.74) is 0. The lowest BCUT2D eigenvalue weighted by molar-refractivity contribution is -0.135. The van der Waals surface area contributed by atoms with Gasteiger partial charge in [0.25, 0.3) is 0 Å². The number of likely N-dealkylation sites (tertiary alicyclic amines) is 1. The van der Waals surface area contributed by atoms with Gasteiger partial charge in [-0.15, -0.1) is 0 Å². The van der Waals surface area contributed by atoms with E-state index in [1.165, 1.54) is 6.42 Å². The minimum absolute atomic E-state index is 0.263. The molecule has 2 fully saturated rings. The van der Waals surface area contributed by atoms with E-state index in [0.717, 1.165) is 58.5 Å². The van der Waals surface area contributed by atoms with Gasteiger partial charge >= 0.3 is 0 Å². The van der Waals surface area contributed by atoms with Crippen molar-refractivity contribution in [2.75, 3.05) is 45.8 Å². The highest BCUT2D eigenvalue weighted by molar-refractivity contribution is 5.78. The molecule has 0 aromatic rings. The van der Waals surface area contributed by atoms with Crippen LogP contribution in [0.1, 0.15) is 46.0 Å². The molecule has 2 aliphatic heterocycles. The quantitative estimate of drug-likeness (QED) is 0.774. The Kier molecular flexibility index (Phi) is 6.68. The minimum atomic E-state index is 0.263. The third kappa shape index (κ3) is 5.27. The van der Waals surface area contributed by atoms with E-state index in [2.05, 4.69) is 18.7 Å². The first-order chi connectivity index (χ1) is 10.6. The summed E-state index contributed by atoms with van der Waals surface area (Å²) in [5, 5.41) is 0. The first kappa shape index (κ1) is 17.3. The third-order valence-corrected chi connectivity index (χ3v) is 4.73. The fraction of sp³-hybridized carbons (Fsp3) is 0.882. The first-order valence-corrected chi connectivity index (χ1v) is 8.84. The molecule has 0 atom stereocenters. The Hall–Kier alpha value is -1.10. The molecular weight excluding hydrogens is 278 g/mol. The van der Waals surface area contributed by atoms with Crippen molar-refractivity contribution in [1.82, 2.24) is 14.7 Å². The molecule has 0 N–H and O–H groups in total. The number of carbonyl (C=O) groups excluding carboxylic acids is 2. The maximum Gasteiger partial charge on any atom is 0.236 e. The largest absolute Gasteiger partial charge is 0.342 e. The molecule has 0 bridgehead atoms. The lowest BCUT2D eigenvalue weighted by Gasteiger charge is -2.36. The van der Waals surface area contributed by atoms with Crippen LogP contribution in [-0.4, -0.2) is 72.3 Å². The van der Waals surface area contributed by atoms with Crippen LogP contribution in [0.15, 0.2) is 0 Å². The van der Waals surface area contributed by atoms with Crippen molar-refractivity contribution in [3.63, 3.8) is 0 Å². The Morgan fingerprint density at radius 2 is 1.41 bits per heavy atom. The van der Waals surface area contributed by atoms with E-state index in [9.17, 15) is 9.59 Å². The van der Waals surface area contributed by atoms with Crippen molar-refractivity contribution < 1.29 is 9.59 Å². The first-order valence-electron chi connectivity index (χ1n) is 8.84. The number of amides is 2. The zero-order valence-electron chi connectivity index (χ0n) is 14.2. The number of rotatable bonds is 5. The molecule has 2 heterocycles. The smallest absolute Gasteiger partial charge is 0.236 e. The van der Waals surface area contributed by atoms with Crippen LogP contribution in [0.5, 0.6) is 0 Å². The monoisotopic (exact) mass is 309 g/mol. The van der Waals surface area contributed by atoms with Gasteiger partial charge in [0.05, 0.1) is 6.54 Å². The van der Waals surface area contributed by atoms with Crippen molar-refractivity contribution in [3.05, 3.63) is 0 Å². The van der Waals surface area contributed by atoms with E-state index < -0.39 is 0 Å². The molecule has 5 nitrogen and oxygen atoms in total. The van der Waals surface area contributed by atoms with E-state index in [4.69, 9.17) is 0 Å². The van der Waals surface area contributed by atoms with Crippen molar-refractivity contribution in [1.29, 1.82) is 0 Å². The summed E-state index contributed by atoms with van der Waals surface area (Å²) in [6, 6.07) is 0. The van der Waals surface area contributed by atoms with Gasteiger partial charge in [0, 0.05) is 45.7 Å². The van der Waals surface area contributed by atoms with Gasteiger partial charge in [-0.1, -0.05) is 13.8 Å². The van der Waals surface area contributed by atoms with E-state index >= 15 is 0 Å². The minimum Gasteiger partial charge on any atom is -0.342 e. The summed E-state index contributed by atoms with van der Waals surface area (Å²) in [6.07, 6.45) is 5.16. The second-order valence-corrected chi connectivity index (χ2v) is 7.03. The zero-order valence-corrected chi connectivity index (χ0v) is 14.2. The molecule has 5 heteroatoms. The number of piperazine rings is 1. The molecule has 0 aliphatic carbocycles. The van der Waals surface area contributed by atoms with Crippen LogP contribution in [0.4, 0.5) is 0 Å². The highest BCUT2D eigenvalue weighted by Crippen LogP contribution is 2.11. The van der Waals surface area contributed by atoms with Gasteiger partial charge in [-0.2, -0.15) is 0 Å². The average Bonchev–Trinajstić information content (AvgIpc) is 2.54. The summed E-state index contributed by atoms with van der Waals surface area (Å²) in [6.45, 7) is 9.86. The van der Waals surface area contributed by atoms with Gasteiger partial charge in [0.15, 0.2) is 0 Å². The van der Waals surface area contributed by atoms with Crippen LogP contribution in [0.25, 0.3) is 0 Å². The van der Waals surface area contributed by atoms with Gasteiger partial charge in [0.1, 0.15) is 0 Å². The van der Waals surface area contributed by atoms with Crippen LogP contribution in [0.2, 0.25) is 0 Å². The third-order valence-electron chi connectivity index (χ3n) is 4.73. The molecular formula is C17H31N3O2. The molecule has 0 aromatic heterocycles. The predicted octanol–water partition coefficient (Wildman–Crippen LogP) is 1.58. The lowest BCUT2D eigenvalue weighted by atomic mass is 10.1. The molecule has 0 spiro atoms. The second kappa shape index (κ2) is 8.51. The number of hydrogen-bond acceptors (Lipinski definition) is 3. The Bertz CT molecular complexity index is 370. The fourth-order valence-electron chi connectivity index (χ4n) is 3.16. The molecule has 0 unspecified atom stereocenters. The van der Waals surface area contributed by atoms with Crippen LogP contribution in [0.3, 0.4) is 0 Å². The number of piperidine rings is 1. The van der Waals surface area contributed by atoms with Crippen LogP contribution < -0.4 is 0 Å². The van der Waals surface area contributed by atoms with Gasteiger partial charge in [-0.25, -0.2) is 0 Å². The van der Waals surface area contributed by atoms with Crippen molar-refractivity contribution in [3.8, 4) is 0 Å². The Labute approximate surface area is 134 Å². The fourth-order valence-corrected chi connectivity index (χ4v) is 3.16. The van der Waals surface area contributed by atoms with Crippen molar-refractivity contribution >= 4 is 11.8 Å². The molecule has 2 amide bonds. The molecule has 2 aliphatic rings. The molecule has 0 saturated carbocycles. The molecule has 2 rings (SSSR count).